The Labute approximate surface area is 110 Å². The number of nitrogens with zero attached hydrogens (tertiary/aromatic N) is 4. The molecule has 0 aromatic carbocycles. The molecule has 0 unspecified atom stereocenters. The lowest BCUT2D eigenvalue weighted by Gasteiger charge is -2.16. The van der Waals surface area contributed by atoms with Gasteiger partial charge >= 0.3 is 0 Å². The predicted octanol–water partition coefficient (Wildman–Crippen LogP) is 2.71. The van der Waals surface area contributed by atoms with Crippen LogP contribution < -0.4 is 10.2 Å². The fourth-order valence-electron chi connectivity index (χ4n) is 1.63. The zero-order valence-corrected chi connectivity index (χ0v) is 11.8. The van der Waals surface area contributed by atoms with Gasteiger partial charge in [0.15, 0.2) is 5.82 Å². The van der Waals surface area contributed by atoms with Gasteiger partial charge in [0.1, 0.15) is 0 Å². The summed E-state index contributed by atoms with van der Waals surface area (Å²) in [6, 6.07) is 0. The van der Waals surface area contributed by atoms with E-state index in [0.717, 1.165) is 25.3 Å². The van der Waals surface area contributed by atoms with Crippen LogP contribution in [0.4, 0.5) is 11.8 Å². The average molecular weight is 251 g/mol. The van der Waals surface area contributed by atoms with E-state index in [1.165, 1.54) is 25.7 Å². The van der Waals surface area contributed by atoms with E-state index in [1.54, 1.807) is 6.20 Å². The van der Waals surface area contributed by atoms with E-state index >= 15 is 0 Å². The molecule has 0 spiro atoms. The zero-order chi connectivity index (χ0) is 13.2. The molecule has 1 heterocycles. The third-order valence-electron chi connectivity index (χ3n) is 2.82. The minimum Gasteiger partial charge on any atom is -0.369 e. The van der Waals surface area contributed by atoms with E-state index in [9.17, 15) is 0 Å². The van der Waals surface area contributed by atoms with Crippen molar-refractivity contribution < 1.29 is 0 Å². The Kier molecular flexibility index (Phi) is 7.06. The normalized spacial score (nSPS) is 10.4. The largest absolute Gasteiger partial charge is 0.369 e. The first kappa shape index (κ1) is 14.7. The van der Waals surface area contributed by atoms with Crippen LogP contribution in [0.1, 0.15) is 46.0 Å². The maximum absolute atomic E-state index is 4.46. The van der Waals surface area contributed by atoms with Crippen LogP contribution in [0.3, 0.4) is 0 Å². The highest BCUT2D eigenvalue weighted by Gasteiger charge is 2.05. The number of hydrogen-bond donors (Lipinski definition) is 1. The first-order valence-electron chi connectivity index (χ1n) is 6.92. The first-order valence-corrected chi connectivity index (χ1v) is 6.92. The number of aromatic nitrogens is 3. The fraction of sp³-hybridized carbons (Fsp3) is 0.769. The van der Waals surface area contributed by atoms with Crippen molar-refractivity contribution in [2.45, 2.75) is 46.0 Å². The summed E-state index contributed by atoms with van der Waals surface area (Å²) in [5.41, 5.74) is 0. The highest BCUT2D eigenvalue weighted by Crippen LogP contribution is 2.08. The van der Waals surface area contributed by atoms with Crippen molar-refractivity contribution in [2.24, 2.45) is 0 Å². The van der Waals surface area contributed by atoms with Crippen molar-refractivity contribution >= 4 is 11.8 Å². The van der Waals surface area contributed by atoms with Gasteiger partial charge in [-0.15, -0.1) is 5.10 Å². The lowest BCUT2D eigenvalue weighted by Crippen LogP contribution is -2.21. The molecule has 0 fully saturated rings. The molecule has 1 N–H and O–H groups in total. The third-order valence-corrected chi connectivity index (χ3v) is 2.82. The molecule has 1 aromatic rings. The average Bonchev–Trinajstić information content (AvgIpc) is 2.41. The number of nitrogens with one attached hydrogen (secondary N) is 1. The van der Waals surface area contributed by atoms with Gasteiger partial charge < -0.3 is 10.2 Å². The Morgan fingerprint density at radius 1 is 1.17 bits per heavy atom. The standard InChI is InChI=1S/C13H25N5/c1-4-6-8-9-14-12-11-15-17-13(16-12)18(3)10-7-5-2/h11H,4-10H2,1-3H3,(H,14,16,17). The molecule has 0 aliphatic carbocycles. The van der Waals surface area contributed by atoms with Gasteiger partial charge in [-0.05, 0) is 12.8 Å². The number of rotatable bonds is 9. The number of unbranched alkanes of at least 4 members (excludes halogenated alkanes) is 3. The Morgan fingerprint density at radius 2 is 1.94 bits per heavy atom. The molecule has 0 bridgehead atoms. The van der Waals surface area contributed by atoms with Gasteiger partial charge in [0.2, 0.25) is 5.95 Å². The second kappa shape index (κ2) is 8.66. The Bertz CT molecular complexity index is 329. The highest BCUT2D eigenvalue weighted by atomic mass is 15.3. The second-order valence-corrected chi connectivity index (χ2v) is 4.55. The van der Waals surface area contributed by atoms with Crippen molar-refractivity contribution in [3.63, 3.8) is 0 Å². The van der Waals surface area contributed by atoms with Crippen molar-refractivity contribution in [1.82, 2.24) is 15.2 Å². The zero-order valence-electron chi connectivity index (χ0n) is 11.8. The smallest absolute Gasteiger partial charge is 0.247 e. The quantitative estimate of drug-likeness (QED) is 0.684. The summed E-state index contributed by atoms with van der Waals surface area (Å²) in [6.45, 7) is 6.30. The minimum atomic E-state index is 0.698. The molecule has 0 radical (unpaired) electrons. The van der Waals surface area contributed by atoms with Crippen LogP contribution in [0.15, 0.2) is 6.20 Å². The third kappa shape index (κ3) is 5.29. The molecule has 1 rings (SSSR count). The summed E-state index contributed by atoms with van der Waals surface area (Å²) in [6.07, 6.45) is 7.65. The monoisotopic (exact) mass is 251 g/mol. The van der Waals surface area contributed by atoms with Crippen molar-refractivity contribution in [1.29, 1.82) is 0 Å². The van der Waals surface area contributed by atoms with E-state index in [-0.39, 0.29) is 0 Å². The molecule has 0 saturated carbocycles. The lowest BCUT2D eigenvalue weighted by atomic mass is 10.2. The molecule has 0 aliphatic rings. The van der Waals surface area contributed by atoms with Crippen LogP contribution in [0, 0.1) is 0 Å². The van der Waals surface area contributed by atoms with Gasteiger partial charge in [0.25, 0.3) is 0 Å². The Morgan fingerprint density at radius 3 is 2.67 bits per heavy atom. The van der Waals surface area contributed by atoms with Crippen LogP contribution in [0.5, 0.6) is 0 Å². The highest BCUT2D eigenvalue weighted by molar-refractivity contribution is 5.38. The molecule has 1 aromatic heterocycles. The lowest BCUT2D eigenvalue weighted by molar-refractivity contribution is 0.732. The van der Waals surface area contributed by atoms with Crippen molar-refractivity contribution in [3.8, 4) is 0 Å². The number of anilines is 2. The second-order valence-electron chi connectivity index (χ2n) is 4.55. The molecule has 0 aliphatic heterocycles. The molecule has 102 valence electrons. The van der Waals surface area contributed by atoms with E-state index in [4.69, 9.17) is 0 Å². The van der Waals surface area contributed by atoms with Crippen LogP contribution in [0.2, 0.25) is 0 Å². The molecular formula is C13H25N5. The molecule has 0 atom stereocenters. The fourth-order valence-corrected chi connectivity index (χ4v) is 1.63. The van der Waals surface area contributed by atoms with Crippen LogP contribution >= 0.6 is 0 Å². The van der Waals surface area contributed by atoms with Crippen LogP contribution in [0.25, 0.3) is 0 Å². The van der Waals surface area contributed by atoms with Gasteiger partial charge in [-0.1, -0.05) is 33.1 Å². The maximum atomic E-state index is 4.46. The molecule has 0 saturated heterocycles. The van der Waals surface area contributed by atoms with E-state index in [1.807, 2.05) is 11.9 Å². The van der Waals surface area contributed by atoms with Crippen molar-refractivity contribution in [3.05, 3.63) is 6.20 Å². The SMILES string of the molecule is CCCCCNc1cnnc(N(C)CCCC)n1. The van der Waals surface area contributed by atoms with Gasteiger partial charge in [0.05, 0.1) is 6.20 Å². The Hall–Kier alpha value is -1.39. The van der Waals surface area contributed by atoms with Gasteiger partial charge in [0, 0.05) is 20.1 Å². The molecule has 5 heteroatoms. The first-order chi connectivity index (χ1) is 8.77. The number of hydrogen-bond acceptors (Lipinski definition) is 5. The van der Waals surface area contributed by atoms with E-state index in [0.29, 0.717) is 5.95 Å². The van der Waals surface area contributed by atoms with Crippen LogP contribution in [-0.4, -0.2) is 35.3 Å². The summed E-state index contributed by atoms with van der Waals surface area (Å²) >= 11 is 0. The summed E-state index contributed by atoms with van der Waals surface area (Å²) in [5.74, 6) is 1.52. The summed E-state index contributed by atoms with van der Waals surface area (Å²) in [7, 11) is 2.01. The maximum Gasteiger partial charge on any atom is 0.247 e. The molecular weight excluding hydrogens is 226 g/mol. The van der Waals surface area contributed by atoms with Gasteiger partial charge in [-0.2, -0.15) is 10.1 Å². The van der Waals surface area contributed by atoms with Crippen LogP contribution in [-0.2, 0) is 0 Å². The molecule has 18 heavy (non-hydrogen) atoms. The Balaban J connectivity index is 2.45. The molecule has 0 amide bonds. The summed E-state index contributed by atoms with van der Waals surface area (Å²) in [4.78, 5) is 6.51. The van der Waals surface area contributed by atoms with Gasteiger partial charge in [-0.3, -0.25) is 0 Å². The topological polar surface area (TPSA) is 53.9 Å². The van der Waals surface area contributed by atoms with E-state index < -0.39 is 0 Å². The molecule has 5 nitrogen and oxygen atoms in total. The minimum absolute atomic E-state index is 0.698. The van der Waals surface area contributed by atoms with Gasteiger partial charge in [-0.25, -0.2) is 0 Å². The summed E-state index contributed by atoms with van der Waals surface area (Å²) < 4.78 is 0. The van der Waals surface area contributed by atoms with E-state index in [2.05, 4.69) is 34.3 Å². The summed E-state index contributed by atoms with van der Waals surface area (Å²) in [5, 5.41) is 11.3. The van der Waals surface area contributed by atoms with Crippen molar-refractivity contribution in [2.75, 3.05) is 30.4 Å². The predicted molar refractivity (Wildman–Crippen MR) is 76.0 cm³/mol.